The Morgan fingerprint density at radius 2 is 1.65 bits per heavy atom. The maximum Gasteiger partial charge on any atom is 0.200 e. The van der Waals surface area contributed by atoms with Crippen molar-refractivity contribution in [1.82, 2.24) is 0 Å². The maximum atomic E-state index is 14.6. The van der Waals surface area contributed by atoms with Crippen LogP contribution in [0, 0.1) is 11.6 Å². The fourth-order valence-corrected chi connectivity index (χ4v) is 3.34. The highest BCUT2D eigenvalue weighted by Gasteiger charge is 2.25. The van der Waals surface area contributed by atoms with Crippen LogP contribution < -0.4 is 4.74 Å². The lowest BCUT2D eigenvalue weighted by Crippen LogP contribution is -2.18. The summed E-state index contributed by atoms with van der Waals surface area (Å²) in [7, 11) is 1.37. The molecular formula is C28H33F3O3. The maximum absolute atomic E-state index is 14.6. The Labute approximate surface area is 200 Å². The molecule has 0 spiro atoms. The third-order valence-corrected chi connectivity index (χ3v) is 5.37. The van der Waals surface area contributed by atoms with Gasteiger partial charge in [0.15, 0.2) is 11.6 Å². The molecule has 0 bridgehead atoms. The van der Waals surface area contributed by atoms with Crippen molar-refractivity contribution in [2.75, 3.05) is 13.7 Å². The summed E-state index contributed by atoms with van der Waals surface area (Å²) >= 11 is 0. The molecule has 1 aliphatic rings. The molecule has 6 heteroatoms. The van der Waals surface area contributed by atoms with Gasteiger partial charge in [-0.15, -0.1) is 13.2 Å². The van der Waals surface area contributed by atoms with Gasteiger partial charge in [0.1, 0.15) is 18.2 Å². The second-order valence-corrected chi connectivity index (χ2v) is 7.73. The average Bonchev–Trinajstić information content (AvgIpc) is 2.84. The summed E-state index contributed by atoms with van der Waals surface area (Å²) in [6, 6.07) is 2.93. The van der Waals surface area contributed by atoms with Gasteiger partial charge in [0.05, 0.1) is 13.2 Å². The summed E-state index contributed by atoms with van der Waals surface area (Å²) in [6.45, 7) is 20.6. The minimum atomic E-state index is -1.05. The summed E-state index contributed by atoms with van der Waals surface area (Å²) in [5.74, 6) is -2.80. The van der Waals surface area contributed by atoms with E-state index < -0.39 is 17.5 Å². The highest BCUT2D eigenvalue weighted by atomic mass is 19.2. The molecule has 1 N–H and O–H groups in total. The predicted octanol–water partition coefficient (Wildman–Crippen LogP) is 7.40. The van der Waals surface area contributed by atoms with Crippen molar-refractivity contribution in [2.45, 2.75) is 37.7 Å². The molecule has 0 radical (unpaired) electrons. The Balaban J connectivity index is 0.00000281. The third-order valence-electron chi connectivity index (χ3n) is 5.37. The lowest BCUT2D eigenvalue weighted by Gasteiger charge is -2.26. The largest absolute Gasteiger partial charge is 0.497 e. The van der Waals surface area contributed by atoms with Gasteiger partial charge in [-0.3, -0.25) is 0 Å². The predicted molar refractivity (Wildman–Crippen MR) is 132 cm³/mol. The van der Waals surface area contributed by atoms with Crippen LogP contribution in [0.4, 0.5) is 13.2 Å². The van der Waals surface area contributed by atoms with Gasteiger partial charge in [-0.2, -0.15) is 4.39 Å². The van der Waals surface area contributed by atoms with E-state index in [0.29, 0.717) is 42.4 Å². The smallest absolute Gasteiger partial charge is 0.200 e. The van der Waals surface area contributed by atoms with E-state index in [9.17, 15) is 18.3 Å². The first-order chi connectivity index (χ1) is 16.1. The van der Waals surface area contributed by atoms with Crippen molar-refractivity contribution in [3.63, 3.8) is 0 Å². The van der Waals surface area contributed by atoms with E-state index in [1.807, 2.05) is 0 Å². The molecule has 3 nitrogen and oxygen atoms in total. The van der Waals surface area contributed by atoms with E-state index >= 15 is 0 Å². The quantitative estimate of drug-likeness (QED) is 0.218. The first-order valence-corrected chi connectivity index (χ1v) is 10.8. The number of ether oxygens (including phenoxy) is 2. The molecule has 0 saturated heterocycles. The first kappa shape index (κ1) is 28.8. The van der Waals surface area contributed by atoms with Crippen molar-refractivity contribution >= 4 is 0 Å². The van der Waals surface area contributed by atoms with Crippen LogP contribution in [0.15, 0.2) is 98.1 Å². The van der Waals surface area contributed by atoms with Crippen LogP contribution in [0.1, 0.15) is 37.2 Å². The SMILES string of the molecule is C=C.C=C(/C=C\C(=C)C(=C)/C(F)=C\C(=C)OC)COc1ccc(C2CCC(O)CC2)c(F)c1F. The molecule has 1 aliphatic carbocycles. The third kappa shape index (κ3) is 8.27. The Bertz CT molecular complexity index is 967. The summed E-state index contributed by atoms with van der Waals surface area (Å²) in [5, 5.41) is 9.60. The molecule has 1 aromatic rings. The molecule has 2 rings (SSSR count). The van der Waals surface area contributed by atoms with Crippen molar-refractivity contribution < 1.29 is 27.8 Å². The lowest BCUT2D eigenvalue weighted by molar-refractivity contribution is 0.122. The molecule has 1 fully saturated rings. The number of allylic oxidation sites excluding steroid dienone is 5. The van der Waals surface area contributed by atoms with Crippen molar-refractivity contribution in [3.05, 3.63) is 115 Å². The van der Waals surface area contributed by atoms with Crippen molar-refractivity contribution in [3.8, 4) is 5.75 Å². The molecule has 1 saturated carbocycles. The highest BCUT2D eigenvalue weighted by molar-refractivity contribution is 5.48. The second kappa shape index (κ2) is 14.1. The van der Waals surface area contributed by atoms with E-state index in [0.717, 1.165) is 6.08 Å². The number of rotatable bonds is 10. The fourth-order valence-electron chi connectivity index (χ4n) is 3.34. The Hall–Kier alpha value is -3.25. The molecule has 0 aromatic heterocycles. The van der Waals surface area contributed by atoms with E-state index in [1.54, 1.807) is 0 Å². The topological polar surface area (TPSA) is 38.7 Å². The van der Waals surface area contributed by atoms with Gasteiger partial charge in [-0.25, -0.2) is 8.78 Å². The molecule has 0 aliphatic heterocycles. The summed E-state index contributed by atoms with van der Waals surface area (Å²) in [6.07, 6.45) is 6.13. The summed E-state index contributed by atoms with van der Waals surface area (Å²) in [5.41, 5.74) is 1.09. The number of aliphatic hydroxyl groups is 1. The van der Waals surface area contributed by atoms with Crippen LogP contribution >= 0.6 is 0 Å². The first-order valence-electron chi connectivity index (χ1n) is 10.8. The summed E-state index contributed by atoms with van der Waals surface area (Å²) in [4.78, 5) is 0. The number of aliphatic hydroxyl groups excluding tert-OH is 1. The van der Waals surface area contributed by atoms with Gasteiger partial charge in [0.25, 0.3) is 0 Å². The Morgan fingerprint density at radius 1 is 1.03 bits per heavy atom. The Kier molecular flexibility index (Phi) is 11.9. The van der Waals surface area contributed by atoms with E-state index in [-0.39, 0.29) is 35.7 Å². The number of halogens is 3. The van der Waals surface area contributed by atoms with Gasteiger partial charge in [0.2, 0.25) is 5.82 Å². The van der Waals surface area contributed by atoms with E-state index in [1.165, 1.54) is 31.4 Å². The molecule has 184 valence electrons. The zero-order chi connectivity index (χ0) is 25.8. The Morgan fingerprint density at radius 3 is 2.24 bits per heavy atom. The molecule has 0 unspecified atom stereocenters. The van der Waals surface area contributed by atoms with Crippen molar-refractivity contribution in [2.24, 2.45) is 0 Å². The van der Waals surface area contributed by atoms with Crippen molar-refractivity contribution in [1.29, 1.82) is 0 Å². The van der Waals surface area contributed by atoms with Crippen LogP contribution in [0.3, 0.4) is 0 Å². The van der Waals surface area contributed by atoms with Crippen LogP contribution in [0.2, 0.25) is 0 Å². The fraction of sp³-hybridized carbons (Fsp3) is 0.286. The second-order valence-electron chi connectivity index (χ2n) is 7.73. The van der Waals surface area contributed by atoms with Gasteiger partial charge < -0.3 is 14.6 Å². The monoisotopic (exact) mass is 474 g/mol. The molecule has 1 aromatic carbocycles. The number of hydrogen-bond acceptors (Lipinski definition) is 3. The average molecular weight is 475 g/mol. The number of hydrogen-bond donors (Lipinski definition) is 1. The zero-order valence-corrected chi connectivity index (χ0v) is 19.7. The molecular weight excluding hydrogens is 441 g/mol. The highest BCUT2D eigenvalue weighted by Crippen LogP contribution is 2.36. The van der Waals surface area contributed by atoms with Gasteiger partial charge in [-0.1, -0.05) is 44.5 Å². The minimum absolute atomic E-state index is 0.0482. The molecule has 0 heterocycles. The summed E-state index contributed by atoms with van der Waals surface area (Å²) < 4.78 is 53.3. The van der Waals surface area contributed by atoms with Gasteiger partial charge in [-0.05, 0) is 54.4 Å². The van der Waals surface area contributed by atoms with E-state index in [4.69, 9.17) is 9.47 Å². The van der Waals surface area contributed by atoms with Crippen LogP contribution in [-0.4, -0.2) is 24.9 Å². The molecule has 0 amide bonds. The number of methoxy groups -OCH3 is 1. The molecule has 0 atom stereocenters. The molecule has 34 heavy (non-hydrogen) atoms. The van der Waals surface area contributed by atoms with Crippen LogP contribution in [0.25, 0.3) is 0 Å². The van der Waals surface area contributed by atoms with Gasteiger partial charge >= 0.3 is 0 Å². The normalized spacial score (nSPS) is 18.0. The zero-order valence-electron chi connectivity index (χ0n) is 19.7. The standard InChI is InChI=1S/C26H29F3O3.C2H4/c1-16(6-7-17(2)19(4)23(27)14-18(3)31-5)15-32-24-13-12-22(25(28)26(24)29)20-8-10-21(30)11-9-20;1-2/h6-7,12-14,20-21,30H,1-4,8-11,15H2,5H3;1-2H2/b7-6-,23-14+;. The van der Waals surface area contributed by atoms with Gasteiger partial charge in [0, 0.05) is 11.6 Å². The van der Waals surface area contributed by atoms with E-state index in [2.05, 4.69) is 39.5 Å². The van der Waals surface area contributed by atoms with Crippen LogP contribution in [0.5, 0.6) is 5.75 Å². The van der Waals surface area contributed by atoms with Crippen LogP contribution in [-0.2, 0) is 4.74 Å². The minimum Gasteiger partial charge on any atom is -0.497 e. The lowest BCUT2D eigenvalue weighted by atomic mass is 9.82. The number of benzene rings is 1.